The number of benzene rings is 2. The monoisotopic (exact) mass is 468 g/mol. The van der Waals surface area contributed by atoms with E-state index in [9.17, 15) is 22.8 Å². The zero-order valence-corrected chi connectivity index (χ0v) is 16.8. The highest BCUT2D eigenvalue weighted by molar-refractivity contribution is 9.10. The number of hydrogen-bond donors (Lipinski definition) is 1. The summed E-state index contributed by atoms with van der Waals surface area (Å²) in [4.78, 5) is 24.2. The molecule has 1 amide bonds. The third kappa shape index (κ3) is 4.79. The SMILES string of the molecule is CCOc1ccc(NC(=O)Cn2cc(C(=O)C(F)(F)F)c3cc(Br)ccc32)cc1. The van der Waals surface area contributed by atoms with Crippen LogP contribution in [0.25, 0.3) is 10.9 Å². The van der Waals surface area contributed by atoms with E-state index in [4.69, 9.17) is 4.74 Å². The number of anilines is 1. The molecule has 1 heterocycles. The average Bonchev–Trinajstić information content (AvgIpc) is 2.99. The van der Waals surface area contributed by atoms with Crippen LogP contribution in [0.1, 0.15) is 17.3 Å². The first kappa shape index (κ1) is 20.9. The van der Waals surface area contributed by atoms with Crippen LogP contribution in [-0.2, 0) is 11.3 Å². The van der Waals surface area contributed by atoms with Crippen LogP contribution >= 0.6 is 15.9 Å². The zero-order chi connectivity index (χ0) is 21.2. The fourth-order valence-corrected chi connectivity index (χ4v) is 3.25. The fourth-order valence-electron chi connectivity index (χ4n) is 2.89. The summed E-state index contributed by atoms with van der Waals surface area (Å²) in [5.74, 6) is -1.74. The molecule has 0 saturated heterocycles. The first-order valence-corrected chi connectivity index (χ1v) is 9.41. The molecule has 0 bridgehead atoms. The van der Waals surface area contributed by atoms with Gasteiger partial charge >= 0.3 is 6.18 Å². The zero-order valence-electron chi connectivity index (χ0n) is 15.2. The van der Waals surface area contributed by atoms with Crippen molar-refractivity contribution in [2.45, 2.75) is 19.6 Å². The quantitative estimate of drug-likeness (QED) is 0.506. The van der Waals surface area contributed by atoms with Gasteiger partial charge in [0.1, 0.15) is 12.3 Å². The van der Waals surface area contributed by atoms with E-state index >= 15 is 0 Å². The fraction of sp³-hybridized carbons (Fsp3) is 0.200. The van der Waals surface area contributed by atoms with Gasteiger partial charge in [-0.2, -0.15) is 13.2 Å². The Morgan fingerprint density at radius 1 is 1.14 bits per heavy atom. The summed E-state index contributed by atoms with van der Waals surface area (Å²) in [6.45, 7) is 2.12. The lowest BCUT2D eigenvalue weighted by molar-refractivity contribution is -0.116. The molecule has 0 spiro atoms. The van der Waals surface area contributed by atoms with Gasteiger partial charge in [0, 0.05) is 27.3 Å². The Kier molecular flexibility index (Phi) is 5.97. The number of alkyl halides is 3. The van der Waals surface area contributed by atoms with Gasteiger partial charge in [0.05, 0.1) is 12.2 Å². The molecule has 29 heavy (non-hydrogen) atoms. The van der Waals surface area contributed by atoms with Crippen molar-refractivity contribution in [1.29, 1.82) is 0 Å². The van der Waals surface area contributed by atoms with Crippen molar-refractivity contribution in [3.05, 3.63) is 58.7 Å². The van der Waals surface area contributed by atoms with Gasteiger partial charge in [-0.25, -0.2) is 0 Å². The number of ketones is 1. The maximum atomic E-state index is 13.0. The van der Waals surface area contributed by atoms with Gasteiger partial charge in [-0.1, -0.05) is 15.9 Å². The third-order valence-corrected chi connectivity index (χ3v) is 4.60. The number of ether oxygens (including phenoxy) is 1. The molecule has 3 rings (SSSR count). The maximum absolute atomic E-state index is 13.0. The van der Waals surface area contributed by atoms with Crippen LogP contribution in [0, 0.1) is 0 Å². The van der Waals surface area contributed by atoms with E-state index in [1.165, 1.54) is 10.6 Å². The van der Waals surface area contributed by atoms with Crippen LogP contribution in [0.15, 0.2) is 53.1 Å². The summed E-state index contributed by atoms with van der Waals surface area (Å²) >= 11 is 3.20. The number of carbonyl (C=O) groups is 2. The van der Waals surface area contributed by atoms with Crippen LogP contribution in [0.4, 0.5) is 18.9 Å². The van der Waals surface area contributed by atoms with Gasteiger partial charge in [-0.05, 0) is 49.4 Å². The first-order valence-electron chi connectivity index (χ1n) is 8.61. The van der Waals surface area contributed by atoms with Gasteiger partial charge in [-0.15, -0.1) is 0 Å². The third-order valence-electron chi connectivity index (χ3n) is 4.11. The predicted octanol–water partition coefficient (Wildman–Crippen LogP) is 5.19. The number of hydrogen-bond acceptors (Lipinski definition) is 3. The number of halogens is 4. The number of fused-ring (bicyclic) bond motifs is 1. The number of rotatable bonds is 6. The molecule has 152 valence electrons. The Labute approximate surface area is 172 Å². The van der Waals surface area contributed by atoms with Crippen molar-refractivity contribution in [2.24, 2.45) is 0 Å². The summed E-state index contributed by atoms with van der Waals surface area (Å²) < 4.78 is 46.0. The molecule has 0 aliphatic heterocycles. The van der Waals surface area contributed by atoms with Crippen LogP contribution in [0.5, 0.6) is 5.75 Å². The molecule has 1 aromatic heterocycles. The van der Waals surface area contributed by atoms with Gasteiger partial charge in [0.15, 0.2) is 0 Å². The van der Waals surface area contributed by atoms with Crippen LogP contribution in [0.2, 0.25) is 0 Å². The van der Waals surface area contributed by atoms with E-state index < -0.39 is 23.4 Å². The Bertz CT molecular complexity index is 1060. The molecule has 3 aromatic rings. The van der Waals surface area contributed by atoms with Crippen LogP contribution in [-0.4, -0.2) is 29.0 Å². The highest BCUT2D eigenvalue weighted by Crippen LogP contribution is 2.30. The van der Waals surface area contributed by atoms with Gasteiger partial charge < -0.3 is 14.6 Å². The summed E-state index contributed by atoms with van der Waals surface area (Å²) in [5.41, 5.74) is 0.370. The lowest BCUT2D eigenvalue weighted by Gasteiger charge is -2.09. The van der Waals surface area contributed by atoms with Crippen LogP contribution in [0.3, 0.4) is 0 Å². The number of amides is 1. The molecule has 0 unspecified atom stereocenters. The molecular weight excluding hydrogens is 453 g/mol. The lowest BCUT2D eigenvalue weighted by atomic mass is 10.1. The maximum Gasteiger partial charge on any atom is 0.454 e. The molecule has 1 N–H and O–H groups in total. The second kappa shape index (κ2) is 8.28. The van der Waals surface area contributed by atoms with Gasteiger partial charge in [-0.3, -0.25) is 9.59 Å². The Morgan fingerprint density at radius 3 is 2.45 bits per heavy atom. The van der Waals surface area contributed by atoms with E-state index in [-0.39, 0.29) is 11.9 Å². The molecule has 0 aliphatic rings. The topological polar surface area (TPSA) is 60.3 Å². The summed E-state index contributed by atoms with van der Waals surface area (Å²) in [5, 5.41) is 2.79. The summed E-state index contributed by atoms with van der Waals surface area (Å²) in [7, 11) is 0. The molecule has 0 atom stereocenters. The largest absolute Gasteiger partial charge is 0.494 e. The molecule has 0 saturated carbocycles. The smallest absolute Gasteiger partial charge is 0.454 e. The number of nitrogens with zero attached hydrogens (tertiary/aromatic N) is 1. The summed E-state index contributed by atoms with van der Waals surface area (Å²) in [6, 6.07) is 11.3. The van der Waals surface area contributed by atoms with E-state index in [0.717, 1.165) is 6.20 Å². The minimum absolute atomic E-state index is 0.121. The molecule has 5 nitrogen and oxygen atoms in total. The average molecular weight is 469 g/mol. The predicted molar refractivity (Wildman–Crippen MR) is 106 cm³/mol. The molecule has 0 radical (unpaired) electrons. The molecule has 2 aromatic carbocycles. The van der Waals surface area contributed by atoms with Crippen molar-refractivity contribution in [2.75, 3.05) is 11.9 Å². The number of Topliss-reactive ketones (excluding diaryl/α,β-unsaturated/α-hetero) is 1. The molecular formula is C20H16BrF3N2O3. The summed E-state index contributed by atoms with van der Waals surface area (Å²) in [6.07, 6.45) is -3.95. The molecule has 0 aliphatic carbocycles. The second-order valence-electron chi connectivity index (χ2n) is 6.16. The minimum atomic E-state index is -5.01. The van der Waals surface area contributed by atoms with Crippen molar-refractivity contribution in [1.82, 2.24) is 4.57 Å². The number of carbonyl (C=O) groups excluding carboxylic acids is 2. The van der Waals surface area contributed by atoms with E-state index in [0.29, 0.717) is 28.0 Å². The van der Waals surface area contributed by atoms with Gasteiger partial charge in [0.25, 0.3) is 5.78 Å². The number of nitrogens with one attached hydrogen (secondary N) is 1. The number of aromatic nitrogens is 1. The Balaban J connectivity index is 1.86. The highest BCUT2D eigenvalue weighted by atomic mass is 79.9. The van der Waals surface area contributed by atoms with E-state index in [1.54, 1.807) is 36.4 Å². The molecule has 0 fully saturated rings. The van der Waals surface area contributed by atoms with E-state index in [2.05, 4.69) is 21.2 Å². The Hall–Kier alpha value is -2.81. The molecule has 9 heteroatoms. The standard InChI is InChI=1S/C20H16BrF3N2O3/c1-2-29-14-6-4-13(5-7-14)25-18(27)11-26-10-16(19(28)20(22,23)24)15-9-12(21)3-8-17(15)26/h3-10H,2,11H2,1H3,(H,25,27). The lowest BCUT2D eigenvalue weighted by Crippen LogP contribution is -2.22. The first-order chi connectivity index (χ1) is 13.7. The van der Waals surface area contributed by atoms with Crippen molar-refractivity contribution in [3.8, 4) is 5.75 Å². The van der Waals surface area contributed by atoms with Crippen molar-refractivity contribution < 1.29 is 27.5 Å². The highest BCUT2D eigenvalue weighted by Gasteiger charge is 2.40. The van der Waals surface area contributed by atoms with Crippen molar-refractivity contribution >= 4 is 44.2 Å². The second-order valence-corrected chi connectivity index (χ2v) is 7.08. The normalized spacial score (nSPS) is 11.5. The van der Waals surface area contributed by atoms with E-state index in [1.807, 2.05) is 6.92 Å². The van der Waals surface area contributed by atoms with Crippen LogP contribution < -0.4 is 10.1 Å². The van der Waals surface area contributed by atoms with Gasteiger partial charge in [0.2, 0.25) is 5.91 Å². The Morgan fingerprint density at radius 2 is 1.83 bits per heavy atom. The van der Waals surface area contributed by atoms with Crippen molar-refractivity contribution in [3.63, 3.8) is 0 Å². The minimum Gasteiger partial charge on any atom is -0.494 e.